The van der Waals surface area contributed by atoms with Gasteiger partial charge in [0.1, 0.15) is 6.04 Å². The minimum Gasteiger partial charge on any atom is -0.468 e. The molecule has 0 radical (unpaired) electrons. The zero-order valence-corrected chi connectivity index (χ0v) is 21.8. The molecule has 0 aliphatic heterocycles. The first-order valence-corrected chi connectivity index (χ1v) is 12.6. The molecule has 0 saturated carbocycles. The number of benzene rings is 1. The summed E-state index contributed by atoms with van der Waals surface area (Å²) in [4.78, 5) is 28.7. The van der Waals surface area contributed by atoms with Crippen molar-refractivity contribution in [3.8, 4) is 0 Å². The summed E-state index contributed by atoms with van der Waals surface area (Å²) < 4.78 is 34.4. The van der Waals surface area contributed by atoms with Gasteiger partial charge in [-0.3, -0.25) is 14.6 Å². The van der Waals surface area contributed by atoms with Crippen LogP contribution in [-0.2, 0) is 26.2 Å². The number of carbonyl (C=O) groups is 2. The first-order chi connectivity index (χ1) is 15.9. The number of nitrogens with zero attached hydrogens (tertiary/aromatic N) is 2. The maximum Gasteiger partial charge on any atom is 0.324 e. The van der Waals surface area contributed by atoms with Gasteiger partial charge in [0.25, 0.3) is 16.1 Å². The summed E-state index contributed by atoms with van der Waals surface area (Å²) in [5.41, 5.74) is 1.21. The van der Waals surface area contributed by atoms with E-state index < -0.39 is 28.1 Å². The number of methoxy groups -OCH3 is 1. The molecule has 34 heavy (non-hydrogen) atoms. The third kappa shape index (κ3) is 7.13. The third-order valence-electron chi connectivity index (χ3n) is 4.80. The average molecular weight is 531 g/mol. The topological polar surface area (TPSA) is 118 Å². The summed E-state index contributed by atoms with van der Waals surface area (Å²) >= 11 is 12.0. The Morgan fingerprint density at radius 2 is 1.56 bits per heavy atom. The van der Waals surface area contributed by atoms with Gasteiger partial charge in [0.05, 0.1) is 22.7 Å². The number of hydrogen-bond donors (Lipinski definition) is 2. The fraction of sp³-hybridized carbons (Fsp3) is 0.409. The quantitative estimate of drug-likeness (QED) is 0.452. The van der Waals surface area contributed by atoms with Crippen LogP contribution in [0.1, 0.15) is 43.6 Å². The number of carbonyl (C=O) groups excluding carboxylic acids is 2. The Hall–Kier alpha value is -2.24. The molecule has 186 valence electrons. The lowest BCUT2D eigenvalue weighted by atomic mass is 10.1. The van der Waals surface area contributed by atoms with Gasteiger partial charge in [0, 0.05) is 30.2 Å². The van der Waals surface area contributed by atoms with Gasteiger partial charge in [-0.2, -0.15) is 17.4 Å². The molecule has 0 aliphatic carbocycles. The largest absolute Gasteiger partial charge is 0.468 e. The predicted molar refractivity (Wildman–Crippen MR) is 132 cm³/mol. The van der Waals surface area contributed by atoms with Crippen LogP contribution in [0.2, 0.25) is 10.0 Å². The molecule has 1 heterocycles. The minimum absolute atomic E-state index is 0.0478. The van der Waals surface area contributed by atoms with E-state index >= 15 is 0 Å². The lowest BCUT2D eigenvalue weighted by Crippen LogP contribution is -2.53. The Morgan fingerprint density at radius 1 is 1.03 bits per heavy atom. The molecule has 0 aliphatic rings. The fourth-order valence-electron chi connectivity index (χ4n) is 3.49. The number of halogens is 2. The Kier molecular flexibility index (Phi) is 9.84. The van der Waals surface area contributed by atoms with Gasteiger partial charge in [0.2, 0.25) is 0 Å². The molecule has 0 bridgehead atoms. The van der Waals surface area contributed by atoms with Crippen LogP contribution in [0.4, 0.5) is 5.69 Å². The molecule has 0 saturated heterocycles. The van der Waals surface area contributed by atoms with Gasteiger partial charge in [-0.15, -0.1) is 0 Å². The number of nitrogens with one attached hydrogen (secondary N) is 2. The number of aromatic nitrogens is 1. The monoisotopic (exact) mass is 530 g/mol. The summed E-state index contributed by atoms with van der Waals surface area (Å²) in [5, 5.41) is 2.92. The second-order valence-corrected chi connectivity index (χ2v) is 10.5. The highest BCUT2D eigenvalue weighted by molar-refractivity contribution is 7.87. The molecule has 9 nitrogen and oxygen atoms in total. The number of anilines is 1. The van der Waals surface area contributed by atoms with Crippen LogP contribution < -0.4 is 10.0 Å². The number of amides is 1. The molecule has 2 aromatic rings. The number of rotatable bonds is 10. The van der Waals surface area contributed by atoms with Crippen LogP contribution in [0.5, 0.6) is 0 Å². The van der Waals surface area contributed by atoms with E-state index in [1.807, 2.05) is 0 Å². The SMILES string of the molecule is COC(=O)[C@H](Cc1ccc(NC(=O)c2c(Cl)cncc2Cl)cc1)NS(=O)(=O)N(C(C)C)C(C)C. The first kappa shape index (κ1) is 28.0. The molecule has 1 aromatic carbocycles. The maximum atomic E-state index is 12.9. The highest BCUT2D eigenvalue weighted by Gasteiger charge is 2.33. The van der Waals surface area contributed by atoms with E-state index in [-0.39, 0.29) is 34.1 Å². The van der Waals surface area contributed by atoms with Crippen molar-refractivity contribution < 1.29 is 22.7 Å². The molecule has 2 N–H and O–H groups in total. The van der Waals surface area contributed by atoms with Crippen molar-refractivity contribution in [1.82, 2.24) is 14.0 Å². The molecule has 2 rings (SSSR count). The van der Waals surface area contributed by atoms with Gasteiger partial charge in [-0.05, 0) is 51.8 Å². The van der Waals surface area contributed by atoms with Crippen molar-refractivity contribution in [3.05, 3.63) is 57.8 Å². The zero-order chi connectivity index (χ0) is 25.6. The normalized spacial score (nSPS) is 12.8. The smallest absolute Gasteiger partial charge is 0.324 e. The van der Waals surface area contributed by atoms with Crippen molar-refractivity contribution in [1.29, 1.82) is 0 Å². The minimum atomic E-state index is -3.96. The number of hydrogen-bond acceptors (Lipinski definition) is 6. The van der Waals surface area contributed by atoms with Crippen LogP contribution in [0.15, 0.2) is 36.7 Å². The van der Waals surface area contributed by atoms with Crippen molar-refractivity contribution in [2.24, 2.45) is 0 Å². The molecule has 0 spiro atoms. The third-order valence-corrected chi connectivity index (χ3v) is 7.36. The lowest BCUT2D eigenvalue weighted by molar-refractivity contribution is -0.142. The molecule has 0 fully saturated rings. The average Bonchev–Trinajstić information content (AvgIpc) is 2.72. The van der Waals surface area contributed by atoms with Crippen LogP contribution in [0.3, 0.4) is 0 Å². The van der Waals surface area contributed by atoms with E-state index in [1.165, 1.54) is 23.8 Å². The summed E-state index contributed by atoms with van der Waals surface area (Å²) in [6, 6.07) is 4.82. The van der Waals surface area contributed by atoms with Gasteiger partial charge in [-0.1, -0.05) is 35.3 Å². The Bertz CT molecular complexity index is 1100. The van der Waals surface area contributed by atoms with Gasteiger partial charge >= 0.3 is 5.97 Å². The van der Waals surface area contributed by atoms with Crippen LogP contribution in [0, 0.1) is 0 Å². The lowest BCUT2D eigenvalue weighted by Gasteiger charge is -2.31. The summed E-state index contributed by atoms with van der Waals surface area (Å²) in [5.74, 6) is -1.22. The Balaban J connectivity index is 2.18. The predicted octanol–water partition coefficient (Wildman–Crippen LogP) is 3.68. The highest BCUT2D eigenvalue weighted by Crippen LogP contribution is 2.24. The summed E-state index contributed by atoms with van der Waals surface area (Å²) in [6.07, 6.45) is 2.69. The van der Waals surface area contributed by atoms with E-state index in [2.05, 4.69) is 15.0 Å². The van der Waals surface area contributed by atoms with Crippen molar-refractivity contribution >= 4 is 51.0 Å². The molecule has 0 unspecified atom stereocenters. The second-order valence-electron chi connectivity index (χ2n) is 8.05. The van der Waals surface area contributed by atoms with Crippen LogP contribution in [0.25, 0.3) is 0 Å². The van der Waals surface area contributed by atoms with Crippen molar-refractivity contribution in [3.63, 3.8) is 0 Å². The Labute approximate surface area is 210 Å². The molecule has 1 aromatic heterocycles. The summed E-state index contributed by atoms with van der Waals surface area (Å²) in [6.45, 7) is 7.02. The van der Waals surface area contributed by atoms with Gasteiger partial charge < -0.3 is 10.1 Å². The highest BCUT2D eigenvalue weighted by atomic mass is 35.5. The van der Waals surface area contributed by atoms with E-state index in [0.717, 1.165) is 0 Å². The number of esters is 1. The van der Waals surface area contributed by atoms with Crippen LogP contribution in [-0.4, -0.2) is 54.8 Å². The zero-order valence-electron chi connectivity index (χ0n) is 19.5. The Morgan fingerprint density at radius 3 is 2.03 bits per heavy atom. The second kappa shape index (κ2) is 11.9. The van der Waals surface area contributed by atoms with E-state index in [4.69, 9.17) is 27.9 Å². The number of pyridine rings is 1. The van der Waals surface area contributed by atoms with E-state index in [0.29, 0.717) is 11.3 Å². The molecule has 1 amide bonds. The molecule has 12 heteroatoms. The molecule has 1 atom stereocenters. The van der Waals surface area contributed by atoms with E-state index in [9.17, 15) is 18.0 Å². The first-order valence-electron chi connectivity index (χ1n) is 10.4. The van der Waals surface area contributed by atoms with Gasteiger partial charge in [0.15, 0.2) is 0 Å². The standard InChI is InChI=1S/C22H28Cl2N4O5S/c1-13(2)28(14(3)4)34(31,32)27-19(22(30)33-5)10-15-6-8-16(9-7-15)26-21(29)20-17(23)11-25-12-18(20)24/h6-9,11-14,19,27H,10H2,1-5H3,(H,26,29)/t19-/m0/s1. The van der Waals surface area contributed by atoms with Crippen LogP contribution >= 0.6 is 23.2 Å². The summed E-state index contributed by atoms with van der Waals surface area (Å²) in [7, 11) is -2.77. The van der Waals surface area contributed by atoms with Crippen molar-refractivity contribution in [2.45, 2.75) is 52.2 Å². The number of ether oxygens (including phenoxy) is 1. The molecular formula is C22H28Cl2N4O5S. The molecular weight excluding hydrogens is 503 g/mol. The fourth-order valence-corrected chi connectivity index (χ4v) is 5.80. The van der Waals surface area contributed by atoms with Crippen molar-refractivity contribution in [2.75, 3.05) is 12.4 Å². The maximum absolute atomic E-state index is 12.9. The van der Waals surface area contributed by atoms with Gasteiger partial charge in [-0.25, -0.2) is 0 Å². The van der Waals surface area contributed by atoms with E-state index in [1.54, 1.807) is 52.0 Å².